The van der Waals surface area contributed by atoms with Crippen LogP contribution in [0.5, 0.6) is 0 Å². The minimum atomic E-state index is -0.429. The van der Waals surface area contributed by atoms with Crippen molar-refractivity contribution in [2.75, 3.05) is 19.8 Å². The van der Waals surface area contributed by atoms with Gasteiger partial charge < -0.3 is 20.1 Å². The van der Waals surface area contributed by atoms with Gasteiger partial charge in [0.2, 0.25) is 0 Å². The number of aliphatic hydroxyl groups excluding tert-OH is 3. The van der Waals surface area contributed by atoms with Crippen LogP contribution >= 0.6 is 0 Å². The van der Waals surface area contributed by atoms with Gasteiger partial charge in [0.05, 0.1) is 25.9 Å². The van der Waals surface area contributed by atoms with Crippen molar-refractivity contribution >= 4 is 5.97 Å². The number of esters is 1. The summed E-state index contributed by atoms with van der Waals surface area (Å²) in [5, 5.41) is 31.4. The molecule has 4 aliphatic carbocycles. The first-order valence-electron chi connectivity index (χ1n) is 15.0. The van der Waals surface area contributed by atoms with E-state index in [2.05, 4.69) is 41.2 Å². The summed E-state index contributed by atoms with van der Waals surface area (Å²) in [6.45, 7) is 18.2. The smallest absolute Gasteiger partial charge is 0.302 e. The topological polar surface area (TPSA) is 87.0 Å². The van der Waals surface area contributed by atoms with E-state index in [4.69, 9.17) is 4.74 Å². The molecule has 4 saturated carbocycles. The van der Waals surface area contributed by atoms with Crippen molar-refractivity contribution in [3.05, 3.63) is 12.2 Å². The third kappa shape index (κ3) is 4.16. The molecule has 4 aliphatic rings. The van der Waals surface area contributed by atoms with Gasteiger partial charge in [0.15, 0.2) is 0 Å². The molecule has 0 bridgehead atoms. The van der Waals surface area contributed by atoms with Crippen LogP contribution in [0.1, 0.15) is 106 Å². The molecule has 37 heavy (non-hydrogen) atoms. The maximum absolute atomic E-state index is 11.9. The van der Waals surface area contributed by atoms with Gasteiger partial charge in [-0.1, -0.05) is 46.8 Å². The van der Waals surface area contributed by atoms with Crippen LogP contribution < -0.4 is 0 Å². The first kappa shape index (κ1) is 29.1. The van der Waals surface area contributed by atoms with Gasteiger partial charge in [-0.25, -0.2) is 0 Å². The molecule has 10 atom stereocenters. The third-order valence-electron chi connectivity index (χ3n) is 13.5. The molecule has 4 rings (SSSR count). The molecule has 5 nitrogen and oxygen atoms in total. The van der Waals surface area contributed by atoms with Crippen LogP contribution in [-0.2, 0) is 9.53 Å². The molecule has 212 valence electrons. The number of carbonyl (C=O) groups is 1. The van der Waals surface area contributed by atoms with Crippen LogP contribution in [0.15, 0.2) is 12.2 Å². The Balaban J connectivity index is 1.73. The molecule has 0 heterocycles. The summed E-state index contributed by atoms with van der Waals surface area (Å²) in [5.41, 5.74) is 0.797. The second kappa shape index (κ2) is 9.93. The Morgan fingerprint density at radius 1 is 0.946 bits per heavy atom. The Bertz CT molecular complexity index is 886. The number of rotatable bonds is 7. The molecule has 4 fully saturated rings. The minimum Gasteiger partial charge on any atom is -0.465 e. The lowest BCUT2D eigenvalue weighted by atomic mass is 9.32. The van der Waals surface area contributed by atoms with E-state index < -0.39 is 11.5 Å². The lowest BCUT2D eigenvalue weighted by Crippen LogP contribution is -2.67. The molecule has 0 spiro atoms. The minimum absolute atomic E-state index is 0.00894. The van der Waals surface area contributed by atoms with Crippen molar-refractivity contribution in [1.82, 2.24) is 0 Å². The molecule has 0 aliphatic heterocycles. The molecular weight excluding hydrogens is 464 g/mol. The first-order chi connectivity index (χ1) is 17.3. The Morgan fingerprint density at radius 2 is 1.65 bits per heavy atom. The number of fused-ring (bicyclic) bond motifs is 5. The summed E-state index contributed by atoms with van der Waals surface area (Å²) in [7, 11) is 0. The van der Waals surface area contributed by atoms with Crippen molar-refractivity contribution in [3.8, 4) is 0 Å². The van der Waals surface area contributed by atoms with E-state index in [-0.39, 0.29) is 40.8 Å². The highest BCUT2D eigenvalue weighted by Crippen LogP contribution is 2.76. The lowest BCUT2D eigenvalue weighted by Gasteiger charge is -2.73. The maximum Gasteiger partial charge on any atom is 0.302 e. The Labute approximate surface area is 225 Å². The van der Waals surface area contributed by atoms with E-state index in [1.165, 1.54) is 6.92 Å². The van der Waals surface area contributed by atoms with Crippen LogP contribution in [-0.4, -0.2) is 47.2 Å². The van der Waals surface area contributed by atoms with Crippen LogP contribution in [0, 0.1) is 50.7 Å². The molecular formula is C32H54O5. The summed E-state index contributed by atoms with van der Waals surface area (Å²) >= 11 is 0. The molecule has 0 radical (unpaired) electrons. The van der Waals surface area contributed by atoms with Gasteiger partial charge in [-0.3, -0.25) is 4.79 Å². The summed E-state index contributed by atoms with van der Waals surface area (Å²) in [6.07, 6.45) is 9.78. The van der Waals surface area contributed by atoms with Gasteiger partial charge in [-0.05, 0) is 104 Å². The fourth-order valence-electron chi connectivity index (χ4n) is 10.9. The zero-order valence-electron chi connectivity index (χ0n) is 24.4. The predicted octanol–water partition coefficient (Wildman–Crippen LogP) is 5.90. The molecule has 0 saturated heterocycles. The summed E-state index contributed by atoms with van der Waals surface area (Å²) < 4.78 is 5.72. The average molecular weight is 519 g/mol. The summed E-state index contributed by atoms with van der Waals surface area (Å²) in [5.74, 6) is 1.49. The second-order valence-corrected chi connectivity index (χ2v) is 14.6. The normalized spacial score (nSPS) is 49.4. The third-order valence-corrected chi connectivity index (χ3v) is 13.5. The number of carbonyl (C=O) groups excluding carboxylic acids is 1. The fraction of sp³-hybridized carbons (Fsp3) is 0.906. The first-order valence-corrected chi connectivity index (χ1v) is 15.0. The maximum atomic E-state index is 11.9. The van der Waals surface area contributed by atoms with Crippen molar-refractivity contribution in [1.29, 1.82) is 0 Å². The molecule has 0 amide bonds. The van der Waals surface area contributed by atoms with E-state index in [0.29, 0.717) is 30.3 Å². The van der Waals surface area contributed by atoms with Gasteiger partial charge in [0.1, 0.15) is 0 Å². The van der Waals surface area contributed by atoms with Crippen molar-refractivity contribution in [2.24, 2.45) is 50.7 Å². The zero-order valence-corrected chi connectivity index (χ0v) is 24.4. The largest absolute Gasteiger partial charge is 0.465 e. The van der Waals surface area contributed by atoms with Crippen LogP contribution in [0.3, 0.4) is 0 Å². The zero-order chi connectivity index (χ0) is 27.4. The number of ether oxygens (including phenoxy) is 1. The van der Waals surface area contributed by atoms with Crippen LogP contribution in [0.4, 0.5) is 0 Å². The second-order valence-electron chi connectivity index (χ2n) is 14.6. The number of aliphatic hydroxyl groups is 3. The summed E-state index contributed by atoms with van der Waals surface area (Å²) in [4.78, 5) is 11.9. The lowest BCUT2D eigenvalue weighted by molar-refractivity contribution is -0.256. The van der Waals surface area contributed by atoms with E-state index in [0.717, 1.165) is 69.8 Å². The van der Waals surface area contributed by atoms with Gasteiger partial charge >= 0.3 is 5.97 Å². The Morgan fingerprint density at radius 3 is 2.24 bits per heavy atom. The highest BCUT2D eigenvalue weighted by atomic mass is 16.5. The van der Waals surface area contributed by atoms with E-state index in [1.54, 1.807) is 0 Å². The number of hydrogen-bond acceptors (Lipinski definition) is 5. The predicted molar refractivity (Wildman–Crippen MR) is 147 cm³/mol. The SMILES string of the molecule is C=C(CO)CC1C2CCC3C4(C)CCC(O)C(C)(CO)C4CCC3(C)C2(C)CCC1(CC)COC(C)=O. The molecule has 10 unspecified atom stereocenters. The standard InChI is InChI=1S/C32H54O5/c1-8-32(20-37-22(3)35)16-15-30(6)23(24(32)17-21(2)18-33)9-10-26-28(4)13-12-27(36)29(5,19-34)25(28)11-14-31(26,30)7/h23-27,33-34,36H,2,8-20H2,1,3-7H3. The van der Waals surface area contributed by atoms with Crippen molar-refractivity contribution in [3.63, 3.8) is 0 Å². The molecule has 0 aromatic rings. The van der Waals surface area contributed by atoms with E-state index in [9.17, 15) is 20.1 Å². The van der Waals surface area contributed by atoms with Crippen molar-refractivity contribution in [2.45, 2.75) is 112 Å². The van der Waals surface area contributed by atoms with Crippen LogP contribution in [0.2, 0.25) is 0 Å². The summed E-state index contributed by atoms with van der Waals surface area (Å²) in [6, 6.07) is 0. The Kier molecular flexibility index (Phi) is 7.80. The van der Waals surface area contributed by atoms with Gasteiger partial charge in [-0.2, -0.15) is 0 Å². The highest BCUT2D eigenvalue weighted by molar-refractivity contribution is 5.65. The average Bonchev–Trinajstić information content (AvgIpc) is 2.86. The van der Waals surface area contributed by atoms with E-state index >= 15 is 0 Å². The van der Waals surface area contributed by atoms with Gasteiger partial charge in [-0.15, -0.1) is 0 Å². The van der Waals surface area contributed by atoms with Crippen LogP contribution in [0.25, 0.3) is 0 Å². The van der Waals surface area contributed by atoms with Crippen molar-refractivity contribution < 1.29 is 24.9 Å². The van der Waals surface area contributed by atoms with E-state index in [1.807, 2.05) is 0 Å². The molecule has 0 aromatic heterocycles. The molecule has 5 heteroatoms. The molecule has 3 N–H and O–H groups in total. The van der Waals surface area contributed by atoms with Gasteiger partial charge in [0, 0.05) is 17.8 Å². The monoisotopic (exact) mass is 518 g/mol. The quantitative estimate of drug-likeness (QED) is 0.288. The highest BCUT2D eigenvalue weighted by Gasteiger charge is 2.69. The molecule has 0 aromatic carbocycles. The number of hydrogen-bond donors (Lipinski definition) is 3. The van der Waals surface area contributed by atoms with Gasteiger partial charge in [0.25, 0.3) is 0 Å². The fourth-order valence-corrected chi connectivity index (χ4v) is 10.9. The Hall–Kier alpha value is -0.910.